The van der Waals surface area contributed by atoms with Gasteiger partial charge >= 0.3 is 5.97 Å². The molecule has 2 N–H and O–H groups in total. The molecule has 0 amide bonds. The third-order valence-electron chi connectivity index (χ3n) is 3.02. The number of nitrogens with zero attached hydrogens (tertiary/aromatic N) is 2. The molecule has 0 saturated carbocycles. The molecule has 1 unspecified atom stereocenters. The van der Waals surface area contributed by atoms with Crippen LogP contribution in [0.2, 0.25) is 0 Å². The fourth-order valence-corrected chi connectivity index (χ4v) is 2.19. The van der Waals surface area contributed by atoms with Gasteiger partial charge in [0.2, 0.25) is 0 Å². The van der Waals surface area contributed by atoms with Gasteiger partial charge < -0.3 is 10.0 Å². The van der Waals surface area contributed by atoms with E-state index in [0.717, 1.165) is 26.1 Å². The van der Waals surface area contributed by atoms with Gasteiger partial charge in [0, 0.05) is 25.7 Å². The zero-order chi connectivity index (χ0) is 15.1. The third-order valence-corrected chi connectivity index (χ3v) is 3.02. The summed E-state index contributed by atoms with van der Waals surface area (Å²) in [5, 5.41) is 12.7. The number of hydrogen-bond acceptors (Lipinski definition) is 4. The second-order valence-corrected chi connectivity index (χ2v) is 6.02. The minimum absolute atomic E-state index is 0.151. The largest absolute Gasteiger partial charge is 0.480 e. The number of nitrogens with one attached hydrogen (secondary N) is 1. The van der Waals surface area contributed by atoms with E-state index in [4.69, 9.17) is 0 Å². The quantitative estimate of drug-likeness (QED) is 0.624. The normalized spacial score (nSPS) is 15.2. The molecule has 0 fully saturated rings. The smallest absolute Gasteiger partial charge is 0.324 e. The fourth-order valence-electron chi connectivity index (χ4n) is 2.19. The number of rotatable bonds is 10. The lowest BCUT2D eigenvalue weighted by Crippen LogP contribution is -2.59. The molecular weight excluding hydrogens is 242 g/mol. The van der Waals surface area contributed by atoms with Crippen molar-refractivity contribution in [1.29, 1.82) is 0 Å². The highest BCUT2D eigenvalue weighted by atomic mass is 16.4. The highest BCUT2D eigenvalue weighted by molar-refractivity contribution is 5.78. The molecule has 0 aromatic rings. The second-order valence-electron chi connectivity index (χ2n) is 6.02. The molecule has 0 radical (unpaired) electrons. The van der Waals surface area contributed by atoms with Crippen LogP contribution in [0.25, 0.3) is 0 Å². The molecule has 0 spiro atoms. The lowest BCUT2D eigenvalue weighted by molar-refractivity contribution is -0.145. The SMILES string of the molecule is CCCN(CCN(C)C)CC(C)(NC(C)C)C(=O)O. The number of aliphatic carboxylic acids is 1. The molecule has 0 heterocycles. The zero-order valence-corrected chi connectivity index (χ0v) is 13.4. The van der Waals surface area contributed by atoms with Gasteiger partial charge in [-0.05, 0) is 47.8 Å². The van der Waals surface area contributed by atoms with Crippen molar-refractivity contribution in [2.24, 2.45) is 0 Å². The van der Waals surface area contributed by atoms with Gasteiger partial charge in [0.1, 0.15) is 5.54 Å². The number of carboxylic acids is 1. The van der Waals surface area contributed by atoms with E-state index in [1.807, 2.05) is 27.9 Å². The minimum Gasteiger partial charge on any atom is -0.480 e. The molecule has 0 aliphatic heterocycles. The van der Waals surface area contributed by atoms with E-state index in [9.17, 15) is 9.90 Å². The van der Waals surface area contributed by atoms with Crippen LogP contribution < -0.4 is 5.32 Å². The third kappa shape index (κ3) is 7.50. The Morgan fingerprint density at radius 1 is 1.26 bits per heavy atom. The summed E-state index contributed by atoms with van der Waals surface area (Å²) in [7, 11) is 4.07. The first-order chi connectivity index (χ1) is 8.71. The van der Waals surface area contributed by atoms with E-state index in [0.29, 0.717) is 6.54 Å². The van der Waals surface area contributed by atoms with Crippen LogP contribution >= 0.6 is 0 Å². The molecule has 0 aliphatic carbocycles. The van der Waals surface area contributed by atoms with Gasteiger partial charge in [-0.15, -0.1) is 0 Å². The van der Waals surface area contributed by atoms with E-state index in [2.05, 4.69) is 22.0 Å². The lowest BCUT2D eigenvalue weighted by Gasteiger charge is -2.35. The van der Waals surface area contributed by atoms with E-state index in [1.165, 1.54) is 0 Å². The maximum atomic E-state index is 11.5. The number of carbonyl (C=O) groups is 1. The van der Waals surface area contributed by atoms with Crippen molar-refractivity contribution < 1.29 is 9.90 Å². The summed E-state index contributed by atoms with van der Waals surface area (Å²) in [6.45, 7) is 11.1. The molecular formula is C14H31N3O2. The van der Waals surface area contributed by atoms with Crippen molar-refractivity contribution in [2.45, 2.75) is 45.7 Å². The van der Waals surface area contributed by atoms with E-state index in [-0.39, 0.29) is 6.04 Å². The van der Waals surface area contributed by atoms with Gasteiger partial charge in [0.15, 0.2) is 0 Å². The summed E-state index contributed by atoms with van der Waals surface area (Å²) in [5.74, 6) is -0.785. The molecule has 0 bridgehead atoms. The predicted molar refractivity (Wildman–Crippen MR) is 79.6 cm³/mol. The number of likely N-dealkylation sites (N-methyl/N-ethyl adjacent to an activating group) is 1. The average Bonchev–Trinajstić information content (AvgIpc) is 2.24. The van der Waals surface area contributed by atoms with Crippen LogP contribution in [0.3, 0.4) is 0 Å². The Morgan fingerprint density at radius 2 is 1.84 bits per heavy atom. The first kappa shape index (κ1) is 18.4. The molecule has 114 valence electrons. The van der Waals surface area contributed by atoms with Gasteiger partial charge in [0.05, 0.1) is 0 Å². The Labute approximate surface area is 118 Å². The van der Waals surface area contributed by atoms with Crippen molar-refractivity contribution in [1.82, 2.24) is 15.1 Å². The summed E-state index contributed by atoms with van der Waals surface area (Å²) in [6, 6.07) is 0.151. The van der Waals surface area contributed by atoms with Gasteiger partial charge in [-0.3, -0.25) is 15.0 Å². The average molecular weight is 273 g/mol. The minimum atomic E-state index is -0.893. The highest BCUT2D eigenvalue weighted by Crippen LogP contribution is 2.10. The first-order valence-electron chi connectivity index (χ1n) is 7.09. The van der Waals surface area contributed by atoms with Crippen molar-refractivity contribution in [3.05, 3.63) is 0 Å². The maximum Gasteiger partial charge on any atom is 0.324 e. The van der Waals surface area contributed by atoms with Gasteiger partial charge in [-0.2, -0.15) is 0 Å². The van der Waals surface area contributed by atoms with Crippen LogP contribution in [0.4, 0.5) is 0 Å². The fraction of sp³-hybridized carbons (Fsp3) is 0.929. The molecule has 0 rings (SSSR count). The molecule has 0 aromatic carbocycles. The Balaban J connectivity index is 4.68. The number of hydrogen-bond donors (Lipinski definition) is 2. The van der Waals surface area contributed by atoms with Crippen molar-refractivity contribution >= 4 is 5.97 Å². The monoisotopic (exact) mass is 273 g/mol. The summed E-state index contributed by atoms with van der Waals surface area (Å²) in [5.41, 5.74) is -0.893. The molecule has 0 aromatic heterocycles. The molecule has 19 heavy (non-hydrogen) atoms. The topological polar surface area (TPSA) is 55.8 Å². The van der Waals surface area contributed by atoms with Crippen LogP contribution in [0.15, 0.2) is 0 Å². The Bertz CT molecular complexity index is 269. The molecule has 1 atom stereocenters. The van der Waals surface area contributed by atoms with Crippen LogP contribution in [0.1, 0.15) is 34.1 Å². The predicted octanol–water partition coefficient (Wildman–Crippen LogP) is 1.10. The summed E-state index contributed by atoms with van der Waals surface area (Å²) in [6.07, 6.45) is 1.03. The Morgan fingerprint density at radius 3 is 2.21 bits per heavy atom. The first-order valence-corrected chi connectivity index (χ1v) is 7.09. The molecule has 0 aliphatic rings. The van der Waals surface area contributed by atoms with Crippen molar-refractivity contribution in [3.63, 3.8) is 0 Å². The number of carboxylic acid groups (broad SMARTS) is 1. The zero-order valence-electron chi connectivity index (χ0n) is 13.4. The van der Waals surface area contributed by atoms with Gasteiger partial charge in [0.25, 0.3) is 0 Å². The van der Waals surface area contributed by atoms with Crippen LogP contribution in [0.5, 0.6) is 0 Å². The maximum absolute atomic E-state index is 11.5. The standard InChI is InChI=1S/C14H31N3O2/c1-7-8-17(10-9-16(5)6)11-14(4,13(18)19)15-12(2)3/h12,15H,7-11H2,1-6H3,(H,18,19). The summed E-state index contributed by atoms with van der Waals surface area (Å²) >= 11 is 0. The van der Waals surface area contributed by atoms with Crippen molar-refractivity contribution in [3.8, 4) is 0 Å². The van der Waals surface area contributed by atoms with Crippen LogP contribution in [-0.4, -0.2) is 72.7 Å². The van der Waals surface area contributed by atoms with Crippen LogP contribution in [-0.2, 0) is 4.79 Å². The Kier molecular flexibility index (Phi) is 8.22. The Hall–Kier alpha value is -0.650. The van der Waals surface area contributed by atoms with E-state index < -0.39 is 11.5 Å². The van der Waals surface area contributed by atoms with E-state index >= 15 is 0 Å². The van der Waals surface area contributed by atoms with Crippen LogP contribution in [0, 0.1) is 0 Å². The van der Waals surface area contributed by atoms with Gasteiger partial charge in [-0.1, -0.05) is 6.92 Å². The molecule has 5 heteroatoms. The van der Waals surface area contributed by atoms with E-state index in [1.54, 1.807) is 6.92 Å². The molecule has 5 nitrogen and oxygen atoms in total. The van der Waals surface area contributed by atoms with Gasteiger partial charge in [-0.25, -0.2) is 0 Å². The summed E-state index contributed by atoms with van der Waals surface area (Å²) < 4.78 is 0. The second kappa shape index (κ2) is 8.51. The molecule has 0 saturated heterocycles. The van der Waals surface area contributed by atoms with Crippen molar-refractivity contribution in [2.75, 3.05) is 40.3 Å². The highest BCUT2D eigenvalue weighted by Gasteiger charge is 2.35. The lowest BCUT2D eigenvalue weighted by atomic mass is 10.0. The summed E-state index contributed by atoms with van der Waals surface area (Å²) in [4.78, 5) is 15.9.